The molecule has 0 saturated carbocycles. The first-order valence-corrected chi connectivity index (χ1v) is 10.5. The van der Waals surface area contributed by atoms with E-state index < -0.39 is 5.97 Å². The minimum absolute atomic E-state index is 0.0424. The molecule has 1 aliphatic heterocycles. The lowest BCUT2D eigenvalue weighted by molar-refractivity contribution is -0.136. The number of pyridine rings is 1. The van der Waals surface area contributed by atoms with Crippen molar-refractivity contribution in [2.24, 2.45) is 0 Å². The number of carboxylic acid groups (broad SMARTS) is 1. The fourth-order valence-corrected chi connectivity index (χ4v) is 3.61. The monoisotopic (exact) mass is 422 g/mol. The molecule has 8 heteroatoms. The molecule has 0 radical (unpaired) electrons. The number of nitrogens with zero attached hydrogens (tertiary/aromatic N) is 3. The quantitative estimate of drug-likeness (QED) is 0.594. The van der Waals surface area contributed by atoms with Gasteiger partial charge in [0.1, 0.15) is 6.10 Å². The standard InChI is InChI=1S/C23H26N4O4/c1-14(2)26-23-25-13-19-21(27-23)18(16-5-3-4-15(10-16)11-20(28)29)12-24-22(19)31-17-6-8-30-9-7-17/h3-5,10,12-14,17H,6-9,11H2,1-2H3,(H,28,29)(H,25,26,27). The molecule has 0 atom stereocenters. The summed E-state index contributed by atoms with van der Waals surface area (Å²) in [6, 6.07) is 7.62. The average molecular weight is 422 g/mol. The maximum Gasteiger partial charge on any atom is 0.307 e. The van der Waals surface area contributed by atoms with Crippen molar-refractivity contribution in [3.63, 3.8) is 0 Å². The Balaban J connectivity index is 1.78. The van der Waals surface area contributed by atoms with Crippen molar-refractivity contribution in [3.8, 4) is 17.0 Å². The van der Waals surface area contributed by atoms with Crippen LogP contribution in [0.1, 0.15) is 32.3 Å². The molecule has 162 valence electrons. The number of benzene rings is 1. The third-order valence-corrected chi connectivity index (χ3v) is 5.04. The Hall–Kier alpha value is -3.26. The van der Waals surface area contributed by atoms with Crippen LogP contribution in [0.25, 0.3) is 22.0 Å². The summed E-state index contributed by atoms with van der Waals surface area (Å²) >= 11 is 0. The highest BCUT2D eigenvalue weighted by atomic mass is 16.5. The van der Waals surface area contributed by atoms with Crippen molar-refractivity contribution < 1.29 is 19.4 Å². The molecule has 1 saturated heterocycles. The summed E-state index contributed by atoms with van der Waals surface area (Å²) < 4.78 is 11.6. The van der Waals surface area contributed by atoms with Crippen LogP contribution in [0.5, 0.6) is 5.88 Å². The van der Waals surface area contributed by atoms with Crippen molar-refractivity contribution in [2.45, 2.75) is 45.3 Å². The second-order valence-electron chi connectivity index (χ2n) is 7.93. The van der Waals surface area contributed by atoms with Crippen LogP contribution in [0.2, 0.25) is 0 Å². The topological polar surface area (TPSA) is 106 Å². The Morgan fingerprint density at radius 3 is 2.81 bits per heavy atom. The van der Waals surface area contributed by atoms with Crippen LogP contribution in [-0.2, 0) is 16.0 Å². The highest BCUT2D eigenvalue weighted by Gasteiger charge is 2.20. The van der Waals surface area contributed by atoms with Crippen molar-refractivity contribution in [3.05, 3.63) is 42.2 Å². The van der Waals surface area contributed by atoms with Crippen LogP contribution in [0.15, 0.2) is 36.7 Å². The number of anilines is 1. The van der Waals surface area contributed by atoms with Gasteiger partial charge in [-0.1, -0.05) is 24.3 Å². The van der Waals surface area contributed by atoms with Gasteiger partial charge in [-0.05, 0) is 25.0 Å². The number of rotatable bonds is 7. The predicted molar refractivity (Wildman–Crippen MR) is 117 cm³/mol. The van der Waals surface area contributed by atoms with Gasteiger partial charge < -0.3 is 19.9 Å². The fraction of sp³-hybridized carbons (Fsp3) is 0.391. The Labute approximate surface area is 180 Å². The summed E-state index contributed by atoms with van der Waals surface area (Å²) in [5, 5.41) is 13.1. The average Bonchev–Trinajstić information content (AvgIpc) is 2.74. The van der Waals surface area contributed by atoms with Gasteiger partial charge in [0.25, 0.3) is 0 Å². The Morgan fingerprint density at radius 1 is 1.26 bits per heavy atom. The number of hydrogen-bond acceptors (Lipinski definition) is 7. The normalized spacial score (nSPS) is 14.7. The first-order valence-electron chi connectivity index (χ1n) is 10.5. The molecule has 0 bridgehead atoms. The summed E-state index contributed by atoms with van der Waals surface area (Å²) in [6.07, 6.45) is 5.11. The molecule has 1 aliphatic rings. The minimum atomic E-state index is -0.869. The maximum atomic E-state index is 11.1. The SMILES string of the molecule is CC(C)Nc1ncc2c(OC3CCOCC3)ncc(-c3cccc(CC(=O)O)c3)c2n1. The van der Waals surface area contributed by atoms with E-state index in [1.165, 1.54) is 0 Å². The zero-order chi connectivity index (χ0) is 21.8. The Bertz CT molecular complexity index is 1080. The molecule has 31 heavy (non-hydrogen) atoms. The van der Waals surface area contributed by atoms with Gasteiger partial charge in [0, 0.05) is 36.8 Å². The number of ether oxygens (including phenoxy) is 2. The molecule has 1 aromatic carbocycles. The van der Waals surface area contributed by atoms with Crippen molar-refractivity contribution in [1.82, 2.24) is 15.0 Å². The number of hydrogen-bond donors (Lipinski definition) is 2. The van der Waals surface area contributed by atoms with Crippen molar-refractivity contribution in [2.75, 3.05) is 18.5 Å². The number of carboxylic acids is 1. The van der Waals surface area contributed by atoms with Crippen molar-refractivity contribution in [1.29, 1.82) is 0 Å². The third kappa shape index (κ3) is 5.08. The maximum absolute atomic E-state index is 11.1. The van der Waals surface area contributed by atoms with Crippen molar-refractivity contribution >= 4 is 22.8 Å². The van der Waals surface area contributed by atoms with E-state index in [9.17, 15) is 4.79 Å². The van der Waals surface area contributed by atoms with E-state index >= 15 is 0 Å². The molecule has 0 spiro atoms. The van der Waals surface area contributed by atoms with Crippen LogP contribution >= 0.6 is 0 Å². The van der Waals surface area contributed by atoms with E-state index in [4.69, 9.17) is 19.6 Å². The lowest BCUT2D eigenvalue weighted by Gasteiger charge is -2.23. The number of aromatic nitrogens is 3. The molecule has 0 unspecified atom stereocenters. The second kappa shape index (κ2) is 9.26. The van der Waals surface area contributed by atoms with Crippen LogP contribution in [0, 0.1) is 0 Å². The molecule has 0 amide bonds. The van der Waals surface area contributed by atoms with Gasteiger partial charge in [0.05, 0.1) is 30.5 Å². The van der Waals surface area contributed by atoms with E-state index in [2.05, 4.69) is 15.3 Å². The largest absolute Gasteiger partial charge is 0.481 e. The molecule has 8 nitrogen and oxygen atoms in total. The first kappa shape index (κ1) is 21.0. The van der Waals surface area contributed by atoms with E-state index in [-0.39, 0.29) is 18.6 Å². The molecular weight excluding hydrogens is 396 g/mol. The van der Waals surface area contributed by atoms with E-state index in [0.717, 1.165) is 34.9 Å². The molecular formula is C23H26N4O4. The van der Waals surface area contributed by atoms with Gasteiger partial charge in [-0.3, -0.25) is 4.79 Å². The summed E-state index contributed by atoms with van der Waals surface area (Å²) in [5.74, 6) is 0.156. The minimum Gasteiger partial charge on any atom is -0.481 e. The molecule has 2 aromatic heterocycles. The summed E-state index contributed by atoms with van der Waals surface area (Å²) in [6.45, 7) is 5.40. The highest BCUT2D eigenvalue weighted by Crippen LogP contribution is 2.33. The number of nitrogens with one attached hydrogen (secondary N) is 1. The molecule has 3 heterocycles. The van der Waals surface area contributed by atoms with Crippen LogP contribution < -0.4 is 10.1 Å². The summed E-state index contributed by atoms with van der Waals surface area (Å²) in [7, 11) is 0. The van der Waals surface area contributed by atoms with Crippen LogP contribution in [0.3, 0.4) is 0 Å². The van der Waals surface area contributed by atoms with Gasteiger partial charge >= 0.3 is 5.97 Å². The molecule has 4 rings (SSSR count). The molecule has 2 N–H and O–H groups in total. The van der Waals surface area contributed by atoms with Gasteiger partial charge in [-0.25, -0.2) is 15.0 Å². The van der Waals surface area contributed by atoms with Gasteiger partial charge in [0.15, 0.2) is 0 Å². The summed E-state index contributed by atoms with van der Waals surface area (Å²) in [4.78, 5) is 24.9. The fourth-order valence-electron chi connectivity index (χ4n) is 3.61. The number of fused-ring (bicyclic) bond motifs is 1. The third-order valence-electron chi connectivity index (χ3n) is 5.04. The zero-order valence-corrected chi connectivity index (χ0v) is 17.7. The van der Waals surface area contributed by atoms with E-state index in [1.54, 1.807) is 18.5 Å². The van der Waals surface area contributed by atoms with E-state index in [0.29, 0.717) is 30.6 Å². The number of carbonyl (C=O) groups is 1. The van der Waals surface area contributed by atoms with Gasteiger partial charge in [-0.2, -0.15) is 0 Å². The highest BCUT2D eigenvalue weighted by molar-refractivity contribution is 5.96. The number of aliphatic carboxylic acids is 1. The van der Waals surface area contributed by atoms with Crippen LogP contribution in [-0.4, -0.2) is 51.4 Å². The second-order valence-corrected chi connectivity index (χ2v) is 7.93. The molecule has 1 fully saturated rings. The Kier molecular flexibility index (Phi) is 6.27. The molecule has 3 aromatic rings. The first-order chi connectivity index (χ1) is 15.0. The lowest BCUT2D eigenvalue weighted by atomic mass is 10.0. The lowest BCUT2D eigenvalue weighted by Crippen LogP contribution is -2.26. The van der Waals surface area contributed by atoms with Gasteiger partial charge in [0.2, 0.25) is 11.8 Å². The smallest absolute Gasteiger partial charge is 0.307 e. The Morgan fingerprint density at radius 2 is 2.06 bits per heavy atom. The van der Waals surface area contributed by atoms with Gasteiger partial charge in [-0.15, -0.1) is 0 Å². The van der Waals surface area contributed by atoms with Crippen LogP contribution in [0.4, 0.5) is 5.95 Å². The summed E-state index contributed by atoms with van der Waals surface area (Å²) in [5.41, 5.74) is 3.08. The van der Waals surface area contributed by atoms with E-state index in [1.807, 2.05) is 32.0 Å². The molecule has 0 aliphatic carbocycles. The zero-order valence-electron chi connectivity index (χ0n) is 17.7. The predicted octanol–water partition coefficient (Wildman–Crippen LogP) is 3.70.